The number of nitrogens with two attached hydrogens (primary N) is 1. The Morgan fingerprint density at radius 1 is 1.42 bits per heavy atom. The van der Waals surface area contributed by atoms with Crippen molar-refractivity contribution < 1.29 is 4.52 Å². The summed E-state index contributed by atoms with van der Waals surface area (Å²) in [6.07, 6.45) is 2.61. The molecule has 0 radical (unpaired) electrons. The van der Waals surface area contributed by atoms with Crippen molar-refractivity contribution in [3.63, 3.8) is 0 Å². The van der Waals surface area contributed by atoms with E-state index in [-0.39, 0.29) is 0 Å². The van der Waals surface area contributed by atoms with Crippen LogP contribution in [0.2, 0.25) is 0 Å². The second kappa shape index (κ2) is 5.08. The highest BCUT2D eigenvalue weighted by Crippen LogP contribution is 2.13. The van der Waals surface area contributed by atoms with E-state index in [0.29, 0.717) is 18.4 Å². The summed E-state index contributed by atoms with van der Waals surface area (Å²) in [7, 11) is 0. The van der Waals surface area contributed by atoms with Crippen molar-refractivity contribution in [2.75, 3.05) is 0 Å². The molecule has 19 heavy (non-hydrogen) atoms. The van der Waals surface area contributed by atoms with Crippen molar-refractivity contribution in [2.45, 2.75) is 46.2 Å². The molecule has 0 saturated heterocycles. The monoisotopic (exact) mass is 264 g/mol. The molecule has 2 heterocycles. The van der Waals surface area contributed by atoms with Crippen LogP contribution in [0.5, 0.6) is 0 Å². The Labute approximate surface area is 112 Å². The number of nitrogens with zero attached hydrogens (tertiary/aromatic N) is 5. The van der Waals surface area contributed by atoms with E-state index in [9.17, 15) is 0 Å². The Morgan fingerprint density at radius 2 is 2.16 bits per heavy atom. The fourth-order valence-electron chi connectivity index (χ4n) is 1.61. The summed E-state index contributed by atoms with van der Waals surface area (Å²) in [5.74, 6) is 1.76. The summed E-state index contributed by atoms with van der Waals surface area (Å²) in [4.78, 5) is 4.32. The highest BCUT2D eigenvalue weighted by molar-refractivity contribution is 5.06. The molecule has 0 aliphatic heterocycles. The van der Waals surface area contributed by atoms with Gasteiger partial charge in [0.2, 0.25) is 5.89 Å². The Morgan fingerprint density at radius 3 is 2.74 bits per heavy atom. The summed E-state index contributed by atoms with van der Waals surface area (Å²) in [5.41, 5.74) is 6.18. The first-order chi connectivity index (χ1) is 8.84. The number of rotatable bonds is 5. The smallest absolute Gasteiger partial charge is 0.248 e. The summed E-state index contributed by atoms with van der Waals surface area (Å²) < 4.78 is 6.83. The molecule has 0 amide bonds. The molecule has 0 unspecified atom stereocenters. The van der Waals surface area contributed by atoms with Crippen LogP contribution in [0.3, 0.4) is 0 Å². The summed E-state index contributed by atoms with van der Waals surface area (Å²) >= 11 is 0. The van der Waals surface area contributed by atoms with Crippen LogP contribution in [0.4, 0.5) is 0 Å². The van der Waals surface area contributed by atoms with Crippen LogP contribution in [-0.4, -0.2) is 25.1 Å². The molecular formula is C12H20N6O. The van der Waals surface area contributed by atoms with Crippen LogP contribution in [0.25, 0.3) is 0 Å². The lowest BCUT2D eigenvalue weighted by molar-refractivity contribution is 0.358. The lowest BCUT2D eigenvalue weighted by Crippen LogP contribution is -2.29. The zero-order chi connectivity index (χ0) is 14.0. The molecule has 0 fully saturated rings. The molecule has 0 bridgehead atoms. The van der Waals surface area contributed by atoms with Gasteiger partial charge in [0.25, 0.3) is 0 Å². The number of hydrogen-bond donors (Lipinski definition) is 1. The SMILES string of the molecule is CC(C)Cc1noc(Cn2cc(C(C)(C)N)nn2)n1. The maximum Gasteiger partial charge on any atom is 0.248 e. The molecule has 104 valence electrons. The normalized spacial score (nSPS) is 12.3. The van der Waals surface area contributed by atoms with E-state index >= 15 is 0 Å². The molecule has 0 saturated carbocycles. The van der Waals surface area contributed by atoms with Crippen LogP contribution in [0.1, 0.15) is 45.1 Å². The van der Waals surface area contributed by atoms with E-state index in [1.165, 1.54) is 0 Å². The molecule has 0 aliphatic rings. The zero-order valence-electron chi connectivity index (χ0n) is 11.8. The molecule has 7 nitrogen and oxygen atoms in total. The van der Waals surface area contributed by atoms with Crippen LogP contribution < -0.4 is 5.73 Å². The highest BCUT2D eigenvalue weighted by atomic mass is 16.5. The van der Waals surface area contributed by atoms with E-state index in [4.69, 9.17) is 10.3 Å². The first-order valence-corrected chi connectivity index (χ1v) is 6.35. The molecule has 0 spiro atoms. The highest BCUT2D eigenvalue weighted by Gasteiger charge is 2.19. The van der Waals surface area contributed by atoms with Crippen molar-refractivity contribution >= 4 is 0 Å². The third-order valence-corrected chi connectivity index (χ3v) is 2.60. The first-order valence-electron chi connectivity index (χ1n) is 6.35. The standard InChI is InChI=1S/C12H20N6O/c1-8(2)5-10-14-11(19-16-10)7-18-6-9(15-17-18)12(3,4)13/h6,8H,5,7,13H2,1-4H3. The van der Waals surface area contributed by atoms with E-state index in [0.717, 1.165) is 17.9 Å². The third kappa shape index (κ3) is 3.60. The van der Waals surface area contributed by atoms with Gasteiger partial charge in [-0.25, -0.2) is 4.68 Å². The average Bonchev–Trinajstić information content (AvgIpc) is 2.86. The molecule has 2 rings (SSSR count). The van der Waals surface area contributed by atoms with E-state index in [1.54, 1.807) is 10.9 Å². The van der Waals surface area contributed by atoms with E-state index in [1.807, 2.05) is 13.8 Å². The van der Waals surface area contributed by atoms with Crippen LogP contribution in [0.15, 0.2) is 10.7 Å². The molecule has 2 aromatic heterocycles. The van der Waals surface area contributed by atoms with Crippen molar-refractivity contribution in [3.05, 3.63) is 23.6 Å². The van der Waals surface area contributed by atoms with Crippen LogP contribution in [-0.2, 0) is 18.5 Å². The van der Waals surface area contributed by atoms with Crippen molar-refractivity contribution in [3.8, 4) is 0 Å². The van der Waals surface area contributed by atoms with Gasteiger partial charge in [-0.2, -0.15) is 4.98 Å². The van der Waals surface area contributed by atoms with Gasteiger partial charge in [-0.15, -0.1) is 5.10 Å². The first kappa shape index (κ1) is 13.7. The van der Waals surface area contributed by atoms with Gasteiger partial charge in [0, 0.05) is 6.42 Å². The van der Waals surface area contributed by atoms with Gasteiger partial charge in [0.15, 0.2) is 5.82 Å². The maximum atomic E-state index is 5.96. The third-order valence-electron chi connectivity index (χ3n) is 2.60. The van der Waals surface area contributed by atoms with Gasteiger partial charge in [0.1, 0.15) is 12.2 Å². The van der Waals surface area contributed by atoms with Crippen molar-refractivity contribution in [1.29, 1.82) is 0 Å². The average molecular weight is 264 g/mol. The Balaban J connectivity index is 2.05. The largest absolute Gasteiger partial charge is 0.337 e. The van der Waals surface area contributed by atoms with Crippen molar-refractivity contribution in [2.24, 2.45) is 11.7 Å². The minimum atomic E-state index is -0.504. The van der Waals surface area contributed by atoms with Crippen molar-refractivity contribution in [1.82, 2.24) is 25.1 Å². The predicted molar refractivity (Wildman–Crippen MR) is 69.2 cm³/mol. The maximum absolute atomic E-state index is 5.96. The summed E-state index contributed by atoms with van der Waals surface area (Å²) in [6, 6.07) is 0. The van der Waals surface area contributed by atoms with Gasteiger partial charge >= 0.3 is 0 Å². The number of hydrogen-bond acceptors (Lipinski definition) is 6. The summed E-state index contributed by atoms with van der Waals surface area (Å²) in [6.45, 7) is 8.41. The van der Waals surface area contributed by atoms with Gasteiger partial charge in [0.05, 0.1) is 11.7 Å². The second-order valence-corrected chi connectivity index (χ2v) is 5.73. The minimum absolute atomic E-state index is 0.411. The Bertz CT molecular complexity index is 536. The zero-order valence-corrected chi connectivity index (χ0v) is 11.8. The lowest BCUT2D eigenvalue weighted by atomic mass is 10.0. The summed E-state index contributed by atoms with van der Waals surface area (Å²) in [5, 5.41) is 12.0. The van der Waals surface area contributed by atoms with Gasteiger partial charge < -0.3 is 10.3 Å². The molecule has 2 N–H and O–H groups in total. The van der Waals surface area contributed by atoms with Gasteiger partial charge in [-0.3, -0.25) is 0 Å². The van der Waals surface area contributed by atoms with E-state index < -0.39 is 5.54 Å². The molecule has 7 heteroatoms. The van der Waals surface area contributed by atoms with Crippen LogP contribution >= 0.6 is 0 Å². The fraction of sp³-hybridized carbons (Fsp3) is 0.667. The topological polar surface area (TPSA) is 95.7 Å². The predicted octanol–water partition coefficient (Wildman–Crippen LogP) is 1.10. The molecule has 0 aromatic carbocycles. The Kier molecular flexibility index (Phi) is 3.66. The quantitative estimate of drug-likeness (QED) is 0.868. The molecule has 2 aromatic rings. The van der Waals surface area contributed by atoms with Crippen LogP contribution in [0, 0.1) is 5.92 Å². The number of aromatic nitrogens is 5. The molecular weight excluding hydrogens is 244 g/mol. The Hall–Kier alpha value is -1.76. The minimum Gasteiger partial charge on any atom is -0.337 e. The fourth-order valence-corrected chi connectivity index (χ4v) is 1.61. The second-order valence-electron chi connectivity index (χ2n) is 5.73. The molecule has 0 aliphatic carbocycles. The lowest BCUT2D eigenvalue weighted by Gasteiger charge is -2.13. The molecule has 0 atom stereocenters. The van der Waals surface area contributed by atoms with Gasteiger partial charge in [-0.1, -0.05) is 24.2 Å². The van der Waals surface area contributed by atoms with E-state index in [2.05, 4.69) is 34.3 Å². The van der Waals surface area contributed by atoms with Gasteiger partial charge in [-0.05, 0) is 19.8 Å².